The molecule has 1 fully saturated rings. The molecule has 4 nitrogen and oxygen atoms in total. The number of para-hydroxylation sites is 1. The van der Waals surface area contributed by atoms with Gasteiger partial charge in [-0.15, -0.1) is 22.6 Å². The third kappa shape index (κ3) is 2.33. The van der Waals surface area contributed by atoms with Crippen molar-refractivity contribution in [3.63, 3.8) is 0 Å². The van der Waals surface area contributed by atoms with Gasteiger partial charge in [0.1, 0.15) is 6.33 Å². The van der Waals surface area contributed by atoms with E-state index in [1.165, 1.54) is 6.42 Å². The number of aromatic nitrogens is 3. The van der Waals surface area contributed by atoms with Gasteiger partial charge < -0.3 is 5.32 Å². The van der Waals surface area contributed by atoms with Crippen LogP contribution in [0.3, 0.4) is 0 Å². The molecule has 0 radical (unpaired) electrons. The van der Waals surface area contributed by atoms with Crippen molar-refractivity contribution < 1.29 is 0 Å². The van der Waals surface area contributed by atoms with E-state index in [4.69, 9.17) is 0 Å². The van der Waals surface area contributed by atoms with Gasteiger partial charge in [0.25, 0.3) is 0 Å². The SMILES string of the molecule is Cl.c1ccc(-n2cnnc2C2CCCN2)cc1. The highest BCUT2D eigenvalue weighted by molar-refractivity contribution is 5.85. The molecule has 2 heterocycles. The molecule has 1 aliphatic rings. The van der Waals surface area contributed by atoms with Crippen LogP contribution in [-0.2, 0) is 0 Å². The number of hydrogen-bond acceptors (Lipinski definition) is 3. The van der Waals surface area contributed by atoms with Gasteiger partial charge in [-0.1, -0.05) is 18.2 Å². The summed E-state index contributed by atoms with van der Waals surface area (Å²) in [6.07, 6.45) is 4.14. The van der Waals surface area contributed by atoms with Gasteiger partial charge in [0, 0.05) is 5.69 Å². The van der Waals surface area contributed by atoms with Crippen LogP contribution in [0.5, 0.6) is 0 Å². The Morgan fingerprint density at radius 3 is 2.76 bits per heavy atom. The minimum absolute atomic E-state index is 0. The van der Waals surface area contributed by atoms with Crippen molar-refractivity contribution >= 4 is 12.4 Å². The lowest BCUT2D eigenvalue weighted by Crippen LogP contribution is -2.17. The molecule has 0 spiro atoms. The van der Waals surface area contributed by atoms with E-state index in [0.717, 1.165) is 24.5 Å². The van der Waals surface area contributed by atoms with E-state index < -0.39 is 0 Å². The molecule has 1 aromatic heterocycles. The molecule has 1 atom stereocenters. The standard InChI is InChI=1S/C12H14N4.ClH/c1-2-5-10(6-3-1)16-9-14-15-12(16)11-7-4-8-13-11;/h1-3,5-6,9,11,13H,4,7-8H2;1H. The van der Waals surface area contributed by atoms with Crippen LogP contribution in [0.25, 0.3) is 5.69 Å². The summed E-state index contributed by atoms with van der Waals surface area (Å²) in [6.45, 7) is 1.08. The number of benzene rings is 1. The zero-order chi connectivity index (χ0) is 10.8. The smallest absolute Gasteiger partial charge is 0.154 e. The molecule has 1 aliphatic heterocycles. The predicted octanol–water partition coefficient (Wildman–Crippen LogP) is 2.11. The van der Waals surface area contributed by atoms with Crippen molar-refractivity contribution in [2.75, 3.05) is 6.54 Å². The Morgan fingerprint density at radius 1 is 1.24 bits per heavy atom. The first kappa shape index (κ1) is 12.1. The van der Waals surface area contributed by atoms with Crippen molar-refractivity contribution in [1.29, 1.82) is 0 Å². The molecule has 1 aromatic carbocycles. The fraction of sp³-hybridized carbons (Fsp3) is 0.333. The molecular weight excluding hydrogens is 236 g/mol. The molecule has 0 saturated carbocycles. The summed E-state index contributed by atoms with van der Waals surface area (Å²) in [5.74, 6) is 1.02. The maximum Gasteiger partial charge on any atom is 0.154 e. The molecule has 1 N–H and O–H groups in total. The van der Waals surface area contributed by atoms with Crippen LogP contribution in [0, 0.1) is 0 Å². The molecule has 90 valence electrons. The van der Waals surface area contributed by atoms with Gasteiger partial charge in [-0.2, -0.15) is 0 Å². The largest absolute Gasteiger partial charge is 0.307 e. The van der Waals surface area contributed by atoms with Crippen molar-refractivity contribution in [2.24, 2.45) is 0 Å². The molecule has 17 heavy (non-hydrogen) atoms. The van der Waals surface area contributed by atoms with E-state index in [2.05, 4.69) is 32.2 Å². The topological polar surface area (TPSA) is 42.7 Å². The Hall–Kier alpha value is -1.39. The first-order valence-electron chi connectivity index (χ1n) is 5.64. The molecule has 1 unspecified atom stereocenters. The quantitative estimate of drug-likeness (QED) is 0.888. The van der Waals surface area contributed by atoms with Gasteiger partial charge >= 0.3 is 0 Å². The maximum absolute atomic E-state index is 4.23. The highest BCUT2D eigenvalue weighted by Crippen LogP contribution is 2.22. The minimum Gasteiger partial charge on any atom is -0.307 e. The summed E-state index contributed by atoms with van der Waals surface area (Å²) in [4.78, 5) is 0. The lowest BCUT2D eigenvalue weighted by atomic mass is 10.2. The molecule has 2 aromatic rings. The summed E-state index contributed by atoms with van der Waals surface area (Å²) >= 11 is 0. The fourth-order valence-electron chi connectivity index (χ4n) is 2.17. The molecule has 0 aliphatic carbocycles. The van der Waals surface area contributed by atoms with Crippen LogP contribution in [0.2, 0.25) is 0 Å². The summed E-state index contributed by atoms with van der Waals surface area (Å²) in [7, 11) is 0. The van der Waals surface area contributed by atoms with Crippen LogP contribution in [-0.4, -0.2) is 21.3 Å². The first-order valence-corrected chi connectivity index (χ1v) is 5.64. The number of nitrogens with one attached hydrogen (secondary N) is 1. The predicted molar refractivity (Wildman–Crippen MR) is 68.6 cm³/mol. The van der Waals surface area contributed by atoms with Crippen molar-refractivity contribution in [1.82, 2.24) is 20.1 Å². The zero-order valence-corrected chi connectivity index (χ0v) is 10.2. The summed E-state index contributed by atoms with van der Waals surface area (Å²) in [6, 6.07) is 10.6. The van der Waals surface area contributed by atoms with E-state index in [-0.39, 0.29) is 12.4 Å². The van der Waals surface area contributed by atoms with Gasteiger partial charge in [-0.05, 0) is 31.5 Å². The highest BCUT2D eigenvalue weighted by atomic mass is 35.5. The van der Waals surface area contributed by atoms with Crippen LogP contribution < -0.4 is 5.32 Å². The van der Waals surface area contributed by atoms with Gasteiger partial charge in [0.15, 0.2) is 5.82 Å². The normalized spacial score (nSPS) is 18.9. The van der Waals surface area contributed by atoms with Crippen molar-refractivity contribution in [3.8, 4) is 5.69 Å². The molecule has 3 rings (SSSR count). The highest BCUT2D eigenvalue weighted by Gasteiger charge is 2.21. The van der Waals surface area contributed by atoms with Crippen LogP contribution in [0.15, 0.2) is 36.7 Å². The number of halogens is 1. The molecular formula is C12H15ClN4. The molecule has 5 heteroatoms. The second-order valence-electron chi connectivity index (χ2n) is 4.04. The lowest BCUT2D eigenvalue weighted by molar-refractivity contribution is 0.592. The van der Waals surface area contributed by atoms with Crippen molar-refractivity contribution in [3.05, 3.63) is 42.5 Å². The average molecular weight is 251 g/mol. The summed E-state index contributed by atoms with van der Waals surface area (Å²) in [5.41, 5.74) is 1.12. The molecule has 0 bridgehead atoms. The fourth-order valence-corrected chi connectivity index (χ4v) is 2.17. The third-order valence-corrected chi connectivity index (χ3v) is 2.98. The number of nitrogens with zero attached hydrogens (tertiary/aromatic N) is 3. The maximum atomic E-state index is 4.23. The number of rotatable bonds is 2. The zero-order valence-electron chi connectivity index (χ0n) is 9.41. The first-order chi connectivity index (χ1) is 7.95. The number of hydrogen-bond donors (Lipinski definition) is 1. The van der Waals surface area contributed by atoms with E-state index >= 15 is 0 Å². The van der Waals surface area contributed by atoms with Gasteiger partial charge in [0.2, 0.25) is 0 Å². The van der Waals surface area contributed by atoms with Crippen LogP contribution in [0.1, 0.15) is 24.7 Å². The Bertz CT molecular complexity index is 462. The summed E-state index contributed by atoms with van der Waals surface area (Å²) < 4.78 is 2.06. The Labute approximate surface area is 106 Å². The third-order valence-electron chi connectivity index (χ3n) is 2.98. The van der Waals surface area contributed by atoms with Crippen LogP contribution in [0.4, 0.5) is 0 Å². The van der Waals surface area contributed by atoms with E-state index in [1.54, 1.807) is 6.33 Å². The summed E-state index contributed by atoms with van der Waals surface area (Å²) in [5, 5.41) is 11.7. The lowest BCUT2D eigenvalue weighted by Gasteiger charge is -2.11. The van der Waals surface area contributed by atoms with E-state index in [9.17, 15) is 0 Å². The monoisotopic (exact) mass is 250 g/mol. The molecule has 0 amide bonds. The van der Waals surface area contributed by atoms with Gasteiger partial charge in [0.05, 0.1) is 6.04 Å². The minimum atomic E-state index is 0. The van der Waals surface area contributed by atoms with Crippen LogP contribution >= 0.6 is 12.4 Å². The van der Waals surface area contributed by atoms with Gasteiger partial charge in [-0.3, -0.25) is 4.57 Å². The van der Waals surface area contributed by atoms with Crippen molar-refractivity contribution in [2.45, 2.75) is 18.9 Å². The Kier molecular flexibility index (Phi) is 3.76. The Balaban J connectivity index is 0.00000108. The second kappa shape index (κ2) is 5.29. The molecule has 1 saturated heterocycles. The van der Waals surface area contributed by atoms with Gasteiger partial charge in [-0.25, -0.2) is 0 Å². The second-order valence-corrected chi connectivity index (χ2v) is 4.04. The van der Waals surface area contributed by atoms with E-state index in [0.29, 0.717) is 6.04 Å². The average Bonchev–Trinajstić information content (AvgIpc) is 3.01. The van der Waals surface area contributed by atoms with E-state index in [1.807, 2.05) is 18.2 Å². The Morgan fingerprint density at radius 2 is 2.06 bits per heavy atom.